The van der Waals surface area contributed by atoms with Crippen molar-refractivity contribution in [1.29, 1.82) is 0 Å². The minimum absolute atomic E-state index is 0.105. The maximum absolute atomic E-state index is 12.7. The van der Waals surface area contributed by atoms with Crippen LogP contribution in [0.2, 0.25) is 0 Å². The molecule has 6 nitrogen and oxygen atoms in total. The van der Waals surface area contributed by atoms with E-state index in [1.807, 2.05) is 0 Å². The van der Waals surface area contributed by atoms with Crippen molar-refractivity contribution >= 4 is 37.5 Å². The van der Waals surface area contributed by atoms with Gasteiger partial charge in [-0.05, 0) is 34.1 Å². The quantitative estimate of drug-likeness (QED) is 0.907. The molecule has 20 heavy (non-hydrogen) atoms. The largest absolute Gasteiger partial charge is 0.372 e. The van der Waals surface area contributed by atoms with Gasteiger partial charge in [-0.1, -0.05) is 0 Å². The molecule has 0 unspecified atom stereocenters. The maximum atomic E-state index is 12.7. The summed E-state index contributed by atoms with van der Waals surface area (Å²) >= 11 is 3.24. The first kappa shape index (κ1) is 14.7. The van der Waals surface area contributed by atoms with Gasteiger partial charge in [0.2, 0.25) is 0 Å². The molecular weight excluding hydrogens is 344 g/mol. The number of nitrogens with one attached hydrogen (secondary N) is 1. The highest BCUT2D eigenvalue weighted by Gasteiger charge is 2.25. The van der Waals surface area contributed by atoms with Gasteiger partial charge in [-0.2, -0.15) is 0 Å². The minimum Gasteiger partial charge on any atom is -0.372 e. The normalized spacial score (nSPS) is 11.2. The number of rotatable bonds is 4. The Balaban J connectivity index is 2.53. The highest BCUT2D eigenvalue weighted by molar-refractivity contribution is 9.10. The van der Waals surface area contributed by atoms with Gasteiger partial charge >= 0.3 is 0 Å². The first-order chi connectivity index (χ1) is 9.46. The fourth-order valence-corrected chi connectivity index (χ4v) is 3.50. The van der Waals surface area contributed by atoms with Gasteiger partial charge in [0.1, 0.15) is 10.7 Å². The molecule has 0 aromatic carbocycles. The lowest BCUT2D eigenvalue weighted by Crippen LogP contribution is -2.27. The fourth-order valence-electron chi connectivity index (χ4n) is 1.65. The zero-order chi connectivity index (χ0) is 14.8. The average molecular weight is 357 g/mol. The Bertz CT molecular complexity index is 707. The molecule has 0 bridgehead atoms. The first-order valence-corrected chi connectivity index (χ1v) is 7.92. The van der Waals surface area contributed by atoms with Gasteiger partial charge in [0.05, 0.1) is 5.69 Å². The third-order valence-corrected chi connectivity index (χ3v) is 4.95. The van der Waals surface area contributed by atoms with Crippen LogP contribution in [0.3, 0.4) is 0 Å². The zero-order valence-corrected chi connectivity index (χ0v) is 13.3. The summed E-state index contributed by atoms with van der Waals surface area (Å²) in [5.74, 6) is 0.300. The summed E-state index contributed by atoms with van der Waals surface area (Å²) in [5.41, 5.74) is 0.530. The van der Waals surface area contributed by atoms with E-state index in [-0.39, 0.29) is 4.90 Å². The third kappa shape index (κ3) is 2.75. The first-order valence-electron chi connectivity index (χ1n) is 5.69. The molecule has 0 aliphatic carbocycles. The van der Waals surface area contributed by atoms with Crippen LogP contribution in [0, 0.1) is 0 Å². The summed E-state index contributed by atoms with van der Waals surface area (Å²) in [4.78, 5) is 8.04. The number of hydrogen-bond donors (Lipinski definition) is 1. The molecule has 0 saturated carbocycles. The van der Waals surface area contributed by atoms with Gasteiger partial charge in [0.25, 0.3) is 10.0 Å². The van der Waals surface area contributed by atoms with E-state index in [0.29, 0.717) is 16.0 Å². The summed E-state index contributed by atoms with van der Waals surface area (Å²) in [6.45, 7) is 0. The Morgan fingerprint density at radius 2 is 1.95 bits per heavy atom. The van der Waals surface area contributed by atoms with Gasteiger partial charge in [0.15, 0.2) is 0 Å². The van der Waals surface area contributed by atoms with Crippen LogP contribution in [0.4, 0.5) is 11.5 Å². The Hall–Kier alpha value is -1.67. The van der Waals surface area contributed by atoms with Gasteiger partial charge < -0.3 is 5.32 Å². The zero-order valence-electron chi connectivity index (χ0n) is 10.9. The van der Waals surface area contributed by atoms with Crippen molar-refractivity contribution in [3.05, 3.63) is 41.3 Å². The lowest BCUT2D eigenvalue weighted by atomic mass is 10.4. The van der Waals surface area contributed by atoms with E-state index < -0.39 is 10.0 Å². The Kier molecular flexibility index (Phi) is 4.24. The fraction of sp³-hybridized carbons (Fsp3) is 0.167. The number of anilines is 2. The molecule has 0 amide bonds. The number of hydrogen-bond acceptors (Lipinski definition) is 5. The smallest absolute Gasteiger partial charge is 0.267 e. The van der Waals surface area contributed by atoms with Crippen molar-refractivity contribution in [2.75, 3.05) is 23.7 Å². The van der Waals surface area contributed by atoms with Crippen LogP contribution in [0.15, 0.2) is 46.2 Å². The molecule has 0 fully saturated rings. The van der Waals surface area contributed by atoms with Crippen LogP contribution in [0.25, 0.3) is 0 Å². The van der Waals surface area contributed by atoms with E-state index in [2.05, 4.69) is 31.2 Å². The molecule has 0 aliphatic heterocycles. The van der Waals surface area contributed by atoms with E-state index in [0.717, 1.165) is 0 Å². The molecule has 2 aromatic heterocycles. The van der Waals surface area contributed by atoms with E-state index in [1.165, 1.54) is 23.6 Å². The second-order valence-corrected chi connectivity index (χ2v) is 6.78. The van der Waals surface area contributed by atoms with Crippen molar-refractivity contribution in [2.24, 2.45) is 0 Å². The Morgan fingerprint density at radius 3 is 2.55 bits per heavy atom. The Labute approximate surface area is 126 Å². The molecule has 2 aromatic rings. The summed E-state index contributed by atoms with van der Waals surface area (Å²) in [7, 11) is -0.589. The molecule has 2 heterocycles. The summed E-state index contributed by atoms with van der Waals surface area (Å²) in [5, 5.41) is 2.79. The molecular formula is C12H13BrN4O2S. The van der Waals surface area contributed by atoms with Crippen LogP contribution in [-0.2, 0) is 10.0 Å². The molecule has 106 valence electrons. The van der Waals surface area contributed by atoms with Crippen molar-refractivity contribution in [3.8, 4) is 0 Å². The number of sulfonamides is 1. The molecule has 0 aliphatic rings. The summed E-state index contributed by atoms with van der Waals surface area (Å²) in [6, 6.07) is 4.77. The maximum Gasteiger partial charge on any atom is 0.267 e. The van der Waals surface area contributed by atoms with Crippen LogP contribution >= 0.6 is 15.9 Å². The van der Waals surface area contributed by atoms with Crippen LogP contribution in [0.1, 0.15) is 0 Å². The molecule has 0 atom stereocenters. The molecule has 1 N–H and O–H groups in total. The molecule has 8 heteroatoms. The van der Waals surface area contributed by atoms with Crippen molar-refractivity contribution < 1.29 is 8.42 Å². The van der Waals surface area contributed by atoms with Crippen LogP contribution in [0.5, 0.6) is 0 Å². The number of aromatic nitrogens is 2. The number of halogens is 1. The molecule has 2 rings (SSSR count). The van der Waals surface area contributed by atoms with Crippen molar-refractivity contribution in [1.82, 2.24) is 9.97 Å². The van der Waals surface area contributed by atoms with Crippen LogP contribution in [-0.4, -0.2) is 32.5 Å². The second-order valence-electron chi connectivity index (χ2n) is 3.93. The highest BCUT2D eigenvalue weighted by Crippen LogP contribution is 2.27. The Morgan fingerprint density at radius 1 is 1.30 bits per heavy atom. The van der Waals surface area contributed by atoms with E-state index in [4.69, 9.17) is 0 Å². The summed E-state index contributed by atoms with van der Waals surface area (Å²) < 4.78 is 27.1. The topological polar surface area (TPSA) is 75.2 Å². The lowest BCUT2D eigenvalue weighted by molar-refractivity contribution is 0.594. The average Bonchev–Trinajstić information content (AvgIpc) is 2.47. The van der Waals surface area contributed by atoms with E-state index in [9.17, 15) is 8.42 Å². The van der Waals surface area contributed by atoms with Crippen molar-refractivity contribution in [3.63, 3.8) is 0 Å². The minimum atomic E-state index is -3.71. The molecule has 0 radical (unpaired) electrons. The van der Waals surface area contributed by atoms with E-state index in [1.54, 1.807) is 31.6 Å². The SMILES string of the molecule is CNc1ncc(Br)cc1S(=O)(=O)N(C)c1ccncc1. The highest BCUT2D eigenvalue weighted by atomic mass is 79.9. The predicted molar refractivity (Wildman–Crippen MR) is 81.3 cm³/mol. The lowest BCUT2D eigenvalue weighted by Gasteiger charge is -2.20. The monoisotopic (exact) mass is 356 g/mol. The standard InChI is InChI=1S/C12H13BrN4O2S/c1-14-12-11(7-9(13)8-16-12)20(18,19)17(2)10-3-5-15-6-4-10/h3-8H,1-2H3,(H,14,16). The van der Waals surface area contributed by atoms with Gasteiger partial charge in [-0.3, -0.25) is 9.29 Å². The van der Waals surface area contributed by atoms with Gasteiger partial charge in [-0.25, -0.2) is 13.4 Å². The van der Waals surface area contributed by atoms with E-state index >= 15 is 0 Å². The molecule has 0 spiro atoms. The van der Waals surface area contributed by atoms with Crippen molar-refractivity contribution in [2.45, 2.75) is 4.90 Å². The second kappa shape index (κ2) is 5.76. The third-order valence-electron chi connectivity index (χ3n) is 2.72. The summed E-state index contributed by atoms with van der Waals surface area (Å²) in [6.07, 6.45) is 4.62. The number of nitrogens with zero attached hydrogens (tertiary/aromatic N) is 3. The van der Waals surface area contributed by atoms with Gasteiger partial charge in [-0.15, -0.1) is 0 Å². The number of pyridine rings is 2. The molecule has 0 saturated heterocycles. The van der Waals surface area contributed by atoms with Crippen LogP contribution < -0.4 is 9.62 Å². The predicted octanol–water partition coefficient (Wildman–Crippen LogP) is 2.11. The van der Waals surface area contributed by atoms with Gasteiger partial charge in [0, 0.05) is 37.2 Å².